The Balaban J connectivity index is 1.66. The lowest BCUT2D eigenvalue weighted by molar-refractivity contribution is -0.137. The van der Waals surface area contributed by atoms with Crippen molar-refractivity contribution in [1.82, 2.24) is 15.5 Å². The molecule has 4 amide bonds. The molecule has 2 fully saturated rings. The number of hydrogen-bond donors (Lipinski definition) is 2. The first kappa shape index (κ1) is 19.4. The van der Waals surface area contributed by atoms with Crippen LogP contribution in [0, 0.1) is 19.8 Å². The number of carbonyl (C=O) groups is 3. The zero-order chi connectivity index (χ0) is 19.8. The second-order valence-electron chi connectivity index (χ2n) is 8.07. The van der Waals surface area contributed by atoms with Gasteiger partial charge in [-0.05, 0) is 56.2 Å². The van der Waals surface area contributed by atoms with Crippen LogP contribution in [0.4, 0.5) is 4.79 Å². The lowest BCUT2D eigenvalue weighted by atomic mass is 9.73. The third-order valence-electron chi connectivity index (χ3n) is 6.21. The summed E-state index contributed by atoms with van der Waals surface area (Å²) in [5.41, 5.74) is 2.54. The van der Waals surface area contributed by atoms with E-state index in [9.17, 15) is 14.4 Å². The number of imide groups is 1. The topological polar surface area (TPSA) is 78.5 Å². The van der Waals surface area contributed by atoms with Crippen LogP contribution in [-0.4, -0.2) is 34.8 Å². The zero-order valence-corrected chi connectivity index (χ0v) is 16.6. The van der Waals surface area contributed by atoms with Gasteiger partial charge < -0.3 is 10.6 Å². The van der Waals surface area contributed by atoms with Crippen molar-refractivity contribution in [3.63, 3.8) is 0 Å². The summed E-state index contributed by atoms with van der Waals surface area (Å²) in [6, 6.07) is 5.41. The number of urea groups is 1. The van der Waals surface area contributed by atoms with Crippen LogP contribution in [0.2, 0.25) is 0 Å². The van der Waals surface area contributed by atoms with Crippen molar-refractivity contribution >= 4 is 17.8 Å². The summed E-state index contributed by atoms with van der Waals surface area (Å²) in [4.78, 5) is 38.9. The molecule has 1 saturated carbocycles. The minimum absolute atomic E-state index is 0.0882. The van der Waals surface area contributed by atoms with Gasteiger partial charge in [0.2, 0.25) is 5.91 Å². The predicted molar refractivity (Wildman–Crippen MR) is 103 cm³/mol. The number of nitrogens with one attached hydrogen (secondary N) is 2. The molecule has 6 nitrogen and oxygen atoms in total. The highest BCUT2D eigenvalue weighted by molar-refractivity contribution is 6.09. The highest BCUT2D eigenvalue weighted by Crippen LogP contribution is 2.38. The van der Waals surface area contributed by atoms with Crippen LogP contribution in [-0.2, 0) is 9.59 Å². The van der Waals surface area contributed by atoms with Crippen molar-refractivity contribution in [2.24, 2.45) is 5.92 Å². The first-order valence-electron chi connectivity index (χ1n) is 9.75. The van der Waals surface area contributed by atoms with E-state index in [1.807, 2.05) is 45.9 Å². The fraction of sp³-hybridized carbons (Fsp3) is 0.571. The fourth-order valence-corrected chi connectivity index (χ4v) is 4.19. The Labute approximate surface area is 160 Å². The normalized spacial score (nSPS) is 26.2. The van der Waals surface area contributed by atoms with E-state index in [2.05, 4.69) is 10.6 Å². The fourth-order valence-electron chi connectivity index (χ4n) is 4.19. The number of carbonyl (C=O) groups excluding carboxylic acids is 3. The van der Waals surface area contributed by atoms with Crippen molar-refractivity contribution in [2.45, 2.75) is 65.0 Å². The molecule has 27 heavy (non-hydrogen) atoms. The van der Waals surface area contributed by atoms with Gasteiger partial charge in [0.15, 0.2) is 0 Å². The van der Waals surface area contributed by atoms with E-state index in [1.165, 1.54) is 5.56 Å². The zero-order valence-electron chi connectivity index (χ0n) is 16.6. The molecule has 0 bridgehead atoms. The first-order valence-corrected chi connectivity index (χ1v) is 9.75. The number of amides is 4. The Morgan fingerprint density at radius 2 is 2.04 bits per heavy atom. The standard InChI is InChI=1S/C21H29N3O3/c1-13-8-9-17(11-14(13)2)16(4)22-18(25)12-24-19(26)21(23-20(24)27)10-6-5-7-15(21)3/h8-9,11,15-16H,5-7,10,12H2,1-4H3,(H,22,25)(H,23,27)/t15-,16+,21+/m1/s1. The van der Waals surface area contributed by atoms with Crippen molar-refractivity contribution in [2.75, 3.05) is 6.54 Å². The molecular formula is C21H29N3O3. The summed E-state index contributed by atoms with van der Waals surface area (Å²) in [6.45, 7) is 7.74. The van der Waals surface area contributed by atoms with E-state index >= 15 is 0 Å². The Morgan fingerprint density at radius 1 is 1.30 bits per heavy atom. The van der Waals surface area contributed by atoms with Gasteiger partial charge in [-0.15, -0.1) is 0 Å². The molecule has 0 unspecified atom stereocenters. The number of benzene rings is 1. The van der Waals surface area contributed by atoms with Crippen LogP contribution in [0.5, 0.6) is 0 Å². The molecular weight excluding hydrogens is 342 g/mol. The van der Waals surface area contributed by atoms with Gasteiger partial charge in [-0.3, -0.25) is 14.5 Å². The molecule has 0 radical (unpaired) electrons. The van der Waals surface area contributed by atoms with E-state index < -0.39 is 11.6 Å². The number of rotatable bonds is 4. The summed E-state index contributed by atoms with van der Waals surface area (Å²) in [6.07, 6.45) is 3.55. The molecule has 3 atom stereocenters. The van der Waals surface area contributed by atoms with Crippen molar-refractivity contribution < 1.29 is 14.4 Å². The van der Waals surface area contributed by atoms with E-state index in [0.717, 1.165) is 35.3 Å². The van der Waals surface area contributed by atoms with Gasteiger partial charge >= 0.3 is 6.03 Å². The van der Waals surface area contributed by atoms with Gasteiger partial charge in [-0.2, -0.15) is 0 Å². The molecule has 1 aliphatic carbocycles. The maximum absolute atomic E-state index is 12.9. The first-order chi connectivity index (χ1) is 12.7. The van der Waals surface area contributed by atoms with Crippen molar-refractivity contribution in [1.29, 1.82) is 0 Å². The van der Waals surface area contributed by atoms with Gasteiger partial charge in [-0.25, -0.2) is 4.79 Å². The monoisotopic (exact) mass is 371 g/mol. The van der Waals surface area contributed by atoms with E-state index in [4.69, 9.17) is 0 Å². The van der Waals surface area contributed by atoms with Gasteiger partial charge in [0.05, 0.1) is 6.04 Å². The number of aryl methyl sites for hydroxylation is 2. The summed E-state index contributed by atoms with van der Waals surface area (Å²) in [5, 5.41) is 5.78. The smallest absolute Gasteiger partial charge is 0.325 e. The van der Waals surface area contributed by atoms with E-state index in [0.29, 0.717) is 6.42 Å². The van der Waals surface area contributed by atoms with Crippen LogP contribution in [0.15, 0.2) is 18.2 Å². The summed E-state index contributed by atoms with van der Waals surface area (Å²) < 4.78 is 0. The summed E-state index contributed by atoms with van der Waals surface area (Å²) in [7, 11) is 0. The van der Waals surface area contributed by atoms with Gasteiger partial charge in [0.1, 0.15) is 12.1 Å². The molecule has 1 aliphatic heterocycles. The molecule has 3 rings (SSSR count). The highest BCUT2D eigenvalue weighted by atomic mass is 16.2. The maximum Gasteiger partial charge on any atom is 0.325 e. The summed E-state index contributed by atoms with van der Waals surface area (Å²) in [5.74, 6) is -0.497. The lowest BCUT2D eigenvalue weighted by Crippen LogP contribution is -2.54. The Kier molecular flexibility index (Phi) is 5.27. The Bertz CT molecular complexity index is 776. The molecule has 1 saturated heterocycles. The quantitative estimate of drug-likeness (QED) is 0.799. The molecule has 2 aliphatic rings. The van der Waals surface area contributed by atoms with Crippen molar-refractivity contribution in [3.8, 4) is 0 Å². The van der Waals surface area contributed by atoms with Crippen LogP contribution in [0.25, 0.3) is 0 Å². The maximum atomic E-state index is 12.9. The van der Waals surface area contributed by atoms with Gasteiger partial charge in [0, 0.05) is 0 Å². The molecule has 1 aromatic rings. The Hall–Kier alpha value is -2.37. The third kappa shape index (κ3) is 3.57. The highest BCUT2D eigenvalue weighted by Gasteiger charge is 2.55. The van der Waals surface area contributed by atoms with Crippen molar-refractivity contribution in [3.05, 3.63) is 34.9 Å². The minimum Gasteiger partial charge on any atom is -0.348 e. The molecule has 1 spiro atoms. The molecule has 1 aromatic carbocycles. The van der Waals surface area contributed by atoms with E-state index in [1.54, 1.807) is 0 Å². The second-order valence-corrected chi connectivity index (χ2v) is 8.07. The van der Waals surface area contributed by atoms with E-state index in [-0.39, 0.29) is 30.3 Å². The van der Waals surface area contributed by atoms with Gasteiger partial charge in [-0.1, -0.05) is 38.0 Å². The number of hydrogen-bond acceptors (Lipinski definition) is 3. The molecule has 0 aromatic heterocycles. The van der Waals surface area contributed by atoms with Crippen LogP contribution in [0.3, 0.4) is 0 Å². The predicted octanol–water partition coefficient (Wildman–Crippen LogP) is 2.98. The third-order valence-corrected chi connectivity index (χ3v) is 6.21. The van der Waals surface area contributed by atoms with Crippen LogP contribution < -0.4 is 10.6 Å². The SMILES string of the molecule is Cc1ccc([C@H](C)NC(=O)CN2C(=O)N[C@]3(CCCC[C@H]3C)C2=O)cc1C. The molecule has 2 N–H and O–H groups in total. The van der Waals surface area contributed by atoms with Gasteiger partial charge in [0.25, 0.3) is 5.91 Å². The van der Waals surface area contributed by atoms with Crippen LogP contribution >= 0.6 is 0 Å². The average molecular weight is 371 g/mol. The Morgan fingerprint density at radius 3 is 2.70 bits per heavy atom. The lowest BCUT2D eigenvalue weighted by Gasteiger charge is -2.36. The summed E-state index contributed by atoms with van der Waals surface area (Å²) >= 11 is 0. The van der Waals surface area contributed by atoms with Crippen LogP contribution in [0.1, 0.15) is 62.3 Å². The molecule has 146 valence electrons. The molecule has 1 heterocycles. The number of nitrogens with zero attached hydrogens (tertiary/aromatic N) is 1. The average Bonchev–Trinajstić information content (AvgIpc) is 2.85. The minimum atomic E-state index is -0.824. The largest absolute Gasteiger partial charge is 0.348 e. The molecule has 6 heteroatoms. The second kappa shape index (κ2) is 7.33.